The van der Waals surface area contributed by atoms with E-state index >= 15 is 0 Å². The molecule has 0 radical (unpaired) electrons. The van der Waals surface area contributed by atoms with Crippen LogP contribution in [-0.4, -0.2) is 27.3 Å². The zero-order chi connectivity index (χ0) is 21.2. The molecule has 0 saturated carbocycles. The summed E-state index contributed by atoms with van der Waals surface area (Å²) in [6.07, 6.45) is -5.33. The van der Waals surface area contributed by atoms with E-state index in [0.29, 0.717) is 10.2 Å². The minimum atomic E-state index is -4.96. The normalized spacial score (nSPS) is 12.6. The van der Waals surface area contributed by atoms with Crippen LogP contribution < -0.4 is 5.32 Å². The lowest BCUT2D eigenvalue weighted by molar-refractivity contribution is -0.143. The molecule has 0 spiro atoms. The molecular weight excluding hydrogens is 390 g/mol. The maximum absolute atomic E-state index is 14.0. The van der Waals surface area contributed by atoms with Crippen LogP contribution in [0.25, 0.3) is 5.69 Å². The van der Waals surface area contributed by atoms with Crippen molar-refractivity contribution in [3.05, 3.63) is 82.9 Å². The highest BCUT2D eigenvalue weighted by Crippen LogP contribution is 2.34. The third kappa shape index (κ3) is 4.45. The van der Waals surface area contributed by atoms with Crippen LogP contribution in [0.3, 0.4) is 0 Å². The number of hydrogen-bond donors (Lipinski definition) is 2. The Hall–Kier alpha value is -3.20. The second-order valence-corrected chi connectivity index (χ2v) is 6.40. The number of para-hydroxylation sites is 1. The number of aryl methyl sites for hydroxylation is 1. The summed E-state index contributed by atoms with van der Waals surface area (Å²) in [6, 6.07) is 11.6. The predicted octanol–water partition coefficient (Wildman–Crippen LogP) is 3.80. The van der Waals surface area contributed by atoms with Gasteiger partial charge in [0.1, 0.15) is 11.5 Å². The summed E-state index contributed by atoms with van der Waals surface area (Å²) in [4.78, 5) is 12.4. The molecule has 3 rings (SSSR count). The van der Waals surface area contributed by atoms with Gasteiger partial charge in [0.05, 0.1) is 17.9 Å². The van der Waals surface area contributed by atoms with Gasteiger partial charge in [0, 0.05) is 6.54 Å². The molecule has 29 heavy (non-hydrogen) atoms. The number of aliphatic hydroxyl groups excluding tert-OH is 1. The van der Waals surface area contributed by atoms with Crippen molar-refractivity contribution < 1.29 is 27.5 Å². The molecule has 0 bridgehead atoms. The van der Waals surface area contributed by atoms with Gasteiger partial charge in [0.25, 0.3) is 5.91 Å². The molecule has 152 valence electrons. The summed E-state index contributed by atoms with van der Waals surface area (Å²) in [5.41, 5.74) is -1.12. The molecule has 1 amide bonds. The van der Waals surface area contributed by atoms with Crippen molar-refractivity contribution in [2.45, 2.75) is 19.2 Å². The van der Waals surface area contributed by atoms with Crippen molar-refractivity contribution >= 4 is 5.91 Å². The van der Waals surface area contributed by atoms with Crippen molar-refractivity contribution in [3.63, 3.8) is 0 Å². The zero-order valence-corrected chi connectivity index (χ0v) is 15.2. The highest BCUT2D eigenvalue weighted by Gasteiger charge is 2.41. The molecule has 0 saturated heterocycles. The number of nitrogens with zero attached hydrogens (tertiary/aromatic N) is 2. The number of hydrogen-bond acceptors (Lipinski definition) is 3. The first-order chi connectivity index (χ1) is 13.7. The first kappa shape index (κ1) is 20.5. The first-order valence-electron chi connectivity index (χ1n) is 8.61. The van der Waals surface area contributed by atoms with Gasteiger partial charge in [-0.25, -0.2) is 9.07 Å². The summed E-state index contributed by atoms with van der Waals surface area (Å²) in [5, 5.41) is 16.0. The van der Waals surface area contributed by atoms with Crippen molar-refractivity contribution in [2.75, 3.05) is 6.54 Å². The number of nitrogens with one attached hydrogen (secondary N) is 1. The van der Waals surface area contributed by atoms with Gasteiger partial charge >= 0.3 is 6.18 Å². The summed E-state index contributed by atoms with van der Waals surface area (Å²) in [5.74, 6) is -1.99. The van der Waals surface area contributed by atoms with Crippen molar-refractivity contribution in [1.29, 1.82) is 0 Å². The fourth-order valence-corrected chi connectivity index (χ4v) is 2.78. The molecule has 0 aliphatic carbocycles. The van der Waals surface area contributed by atoms with Crippen molar-refractivity contribution in [3.8, 4) is 5.69 Å². The fourth-order valence-electron chi connectivity index (χ4n) is 2.78. The Morgan fingerprint density at radius 2 is 1.83 bits per heavy atom. The van der Waals surface area contributed by atoms with E-state index in [1.807, 2.05) is 6.92 Å². The van der Waals surface area contributed by atoms with E-state index in [-0.39, 0.29) is 6.54 Å². The Bertz CT molecular complexity index is 1010. The number of amides is 1. The van der Waals surface area contributed by atoms with Gasteiger partial charge in [-0.2, -0.15) is 18.3 Å². The number of carbonyl (C=O) groups excluding carboxylic acids is 1. The van der Waals surface area contributed by atoms with E-state index in [1.54, 1.807) is 24.3 Å². The van der Waals surface area contributed by atoms with Crippen LogP contribution in [0, 0.1) is 12.7 Å². The minimum Gasteiger partial charge on any atom is -0.387 e. The topological polar surface area (TPSA) is 67.2 Å². The zero-order valence-electron chi connectivity index (χ0n) is 15.2. The van der Waals surface area contributed by atoms with Gasteiger partial charge < -0.3 is 10.4 Å². The number of alkyl halides is 3. The van der Waals surface area contributed by atoms with E-state index in [0.717, 1.165) is 23.9 Å². The quantitative estimate of drug-likeness (QED) is 0.633. The SMILES string of the molecule is Cc1ccc(C(O)CNC(=O)c2cnn(-c3ccccc3F)c2C(F)(F)F)cc1. The predicted molar refractivity (Wildman–Crippen MR) is 97.0 cm³/mol. The van der Waals surface area contributed by atoms with Gasteiger partial charge in [0.2, 0.25) is 0 Å². The molecule has 1 unspecified atom stereocenters. The number of aromatic nitrogens is 2. The van der Waals surface area contributed by atoms with E-state index in [9.17, 15) is 27.5 Å². The number of carbonyl (C=O) groups is 1. The molecule has 3 aromatic rings. The summed E-state index contributed by atoms with van der Waals surface area (Å²) < 4.78 is 55.1. The lowest BCUT2D eigenvalue weighted by Crippen LogP contribution is -2.30. The maximum atomic E-state index is 14.0. The van der Waals surface area contributed by atoms with E-state index in [1.165, 1.54) is 12.1 Å². The second-order valence-electron chi connectivity index (χ2n) is 6.40. The smallest absolute Gasteiger partial charge is 0.387 e. The second kappa shape index (κ2) is 8.04. The molecule has 0 fully saturated rings. The molecule has 5 nitrogen and oxygen atoms in total. The minimum absolute atomic E-state index is 0.302. The Morgan fingerprint density at radius 3 is 2.45 bits per heavy atom. The van der Waals surface area contributed by atoms with Crippen LogP contribution in [0.1, 0.15) is 33.3 Å². The number of halogens is 4. The largest absolute Gasteiger partial charge is 0.434 e. The lowest BCUT2D eigenvalue weighted by Gasteiger charge is -2.15. The molecule has 1 atom stereocenters. The average Bonchev–Trinajstić information content (AvgIpc) is 3.12. The summed E-state index contributed by atoms with van der Waals surface area (Å²) in [7, 11) is 0. The van der Waals surface area contributed by atoms with Crippen LogP contribution in [-0.2, 0) is 6.18 Å². The molecule has 0 aliphatic rings. The summed E-state index contributed by atoms with van der Waals surface area (Å²) in [6.45, 7) is 1.56. The van der Waals surface area contributed by atoms with Gasteiger partial charge in [-0.05, 0) is 24.6 Å². The van der Waals surface area contributed by atoms with Crippen LogP contribution in [0.15, 0.2) is 54.7 Å². The van der Waals surface area contributed by atoms with Gasteiger partial charge in [-0.3, -0.25) is 4.79 Å². The molecule has 9 heteroatoms. The molecule has 2 N–H and O–H groups in total. The van der Waals surface area contributed by atoms with Crippen LogP contribution in [0.5, 0.6) is 0 Å². The molecule has 2 aromatic carbocycles. The van der Waals surface area contributed by atoms with E-state index in [4.69, 9.17) is 0 Å². The third-order valence-corrected chi connectivity index (χ3v) is 4.28. The number of benzene rings is 2. The fraction of sp³-hybridized carbons (Fsp3) is 0.200. The van der Waals surface area contributed by atoms with E-state index < -0.39 is 40.9 Å². The Kier molecular flexibility index (Phi) is 5.69. The number of rotatable bonds is 5. The van der Waals surface area contributed by atoms with Crippen molar-refractivity contribution in [1.82, 2.24) is 15.1 Å². The standard InChI is InChI=1S/C20H17F4N3O2/c1-12-6-8-13(9-7-12)17(28)11-25-19(29)14-10-26-27(18(14)20(22,23)24)16-5-3-2-4-15(16)21/h2-10,17,28H,11H2,1H3,(H,25,29). The van der Waals surface area contributed by atoms with Crippen LogP contribution in [0.2, 0.25) is 0 Å². The molecular formula is C20H17F4N3O2. The van der Waals surface area contributed by atoms with Crippen molar-refractivity contribution in [2.24, 2.45) is 0 Å². The molecule has 0 aliphatic heterocycles. The monoisotopic (exact) mass is 407 g/mol. The maximum Gasteiger partial charge on any atom is 0.434 e. The summed E-state index contributed by atoms with van der Waals surface area (Å²) >= 11 is 0. The van der Waals surface area contributed by atoms with Gasteiger partial charge in [-0.15, -0.1) is 0 Å². The molecule has 1 aromatic heterocycles. The van der Waals surface area contributed by atoms with Gasteiger partial charge in [0.15, 0.2) is 5.69 Å². The van der Waals surface area contributed by atoms with Gasteiger partial charge in [-0.1, -0.05) is 42.0 Å². The lowest BCUT2D eigenvalue weighted by atomic mass is 10.1. The Labute approximate surface area is 163 Å². The first-order valence-corrected chi connectivity index (χ1v) is 8.61. The average molecular weight is 407 g/mol. The Morgan fingerprint density at radius 1 is 1.17 bits per heavy atom. The molecule has 1 heterocycles. The highest BCUT2D eigenvalue weighted by atomic mass is 19.4. The van der Waals surface area contributed by atoms with E-state index in [2.05, 4.69) is 10.4 Å². The highest BCUT2D eigenvalue weighted by molar-refractivity contribution is 5.95. The number of aliphatic hydroxyl groups is 1. The third-order valence-electron chi connectivity index (χ3n) is 4.28. The van der Waals surface area contributed by atoms with Crippen LogP contribution in [0.4, 0.5) is 17.6 Å². The van der Waals surface area contributed by atoms with Crippen LogP contribution >= 0.6 is 0 Å². The Balaban J connectivity index is 1.85.